The number of aromatic nitrogens is 2. The molecule has 0 unspecified atom stereocenters. The Morgan fingerprint density at radius 2 is 2.15 bits per heavy atom. The second-order valence-corrected chi connectivity index (χ2v) is 3.98. The molecular weight excluding hydrogens is 186 g/mol. The fraction of sp³-hybridized carbons (Fsp3) is 0.667. The van der Waals surface area contributed by atoms with E-state index in [2.05, 4.69) is 18.8 Å². The van der Waals surface area contributed by atoms with Crippen LogP contribution in [0.15, 0.2) is 0 Å². The van der Waals surface area contributed by atoms with E-state index in [1.165, 1.54) is 0 Å². The standard InChI is InChI=1S/C9H16ClN3/c1-6(2)4-7-9(10)12-8(5-11)13(7)3/h6H,4-5,11H2,1-3H3. The van der Waals surface area contributed by atoms with Gasteiger partial charge >= 0.3 is 0 Å². The summed E-state index contributed by atoms with van der Waals surface area (Å²) in [4.78, 5) is 4.19. The average molecular weight is 202 g/mol. The van der Waals surface area contributed by atoms with Gasteiger partial charge in [-0.25, -0.2) is 4.98 Å². The summed E-state index contributed by atoms with van der Waals surface area (Å²) in [6.45, 7) is 4.76. The summed E-state index contributed by atoms with van der Waals surface area (Å²) in [5.41, 5.74) is 6.60. The van der Waals surface area contributed by atoms with Gasteiger partial charge in [0.25, 0.3) is 0 Å². The smallest absolute Gasteiger partial charge is 0.150 e. The highest BCUT2D eigenvalue weighted by Crippen LogP contribution is 2.19. The van der Waals surface area contributed by atoms with Crippen LogP contribution >= 0.6 is 11.6 Å². The first-order chi connectivity index (χ1) is 6.06. The van der Waals surface area contributed by atoms with Crippen LogP contribution < -0.4 is 5.73 Å². The molecule has 1 heterocycles. The van der Waals surface area contributed by atoms with Crippen molar-refractivity contribution >= 4 is 11.6 Å². The van der Waals surface area contributed by atoms with Crippen LogP contribution in [-0.4, -0.2) is 9.55 Å². The zero-order valence-corrected chi connectivity index (χ0v) is 9.10. The second-order valence-electron chi connectivity index (χ2n) is 3.63. The molecule has 1 aromatic rings. The van der Waals surface area contributed by atoms with E-state index in [1.807, 2.05) is 11.6 Å². The third kappa shape index (κ3) is 2.23. The van der Waals surface area contributed by atoms with Crippen molar-refractivity contribution < 1.29 is 0 Å². The van der Waals surface area contributed by atoms with Crippen molar-refractivity contribution in [3.05, 3.63) is 16.7 Å². The van der Waals surface area contributed by atoms with Crippen molar-refractivity contribution in [1.82, 2.24) is 9.55 Å². The van der Waals surface area contributed by atoms with Gasteiger partial charge in [-0.1, -0.05) is 25.4 Å². The Kier molecular flexibility index (Phi) is 3.33. The molecule has 1 rings (SSSR count). The summed E-state index contributed by atoms with van der Waals surface area (Å²) in [5.74, 6) is 1.43. The zero-order valence-electron chi connectivity index (χ0n) is 8.34. The first kappa shape index (κ1) is 10.5. The molecule has 0 saturated heterocycles. The summed E-state index contributed by atoms with van der Waals surface area (Å²) in [5, 5.41) is 0.594. The molecule has 0 aromatic carbocycles. The van der Waals surface area contributed by atoms with Gasteiger partial charge < -0.3 is 10.3 Å². The molecule has 4 heteroatoms. The minimum absolute atomic E-state index is 0.439. The van der Waals surface area contributed by atoms with Gasteiger partial charge in [-0.05, 0) is 12.3 Å². The molecule has 0 atom stereocenters. The minimum Gasteiger partial charge on any atom is -0.333 e. The highest BCUT2D eigenvalue weighted by atomic mass is 35.5. The SMILES string of the molecule is CC(C)Cc1c(Cl)nc(CN)n1C. The number of rotatable bonds is 3. The molecule has 0 aliphatic carbocycles. The third-order valence-corrected chi connectivity index (χ3v) is 2.34. The van der Waals surface area contributed by atoms with E-state index in [0.717, 1.165) is 17.9 Å². The van der Waals surface area contributed by atoms with Crippen molar-refractivity contribution in [1.29, 1.82) is 0 Å². The maximum Gasteiger partial charge on any atom is 0.150 e. The summed E-state index contributed by atoms with van der Waals surface area (Å²) in [6, 6.07) is 0. The largest absolute Gasteiger partial charge is 0.333 e. The van der Waals surface area contributed by atoms with Crippen molar-refractivity contribution in [3.63, 3.8) is 0 Å². The van der Waals surface area contributed by atoms with Gasteiger partial charge in [-0.3, -0.25) is 0 Å². The molecule has 0 saturated carbocycles. The summed E-state index contributed by atoms with van der Waals surface area (Å²) >= 11 is 5.99. The lowest BCUT2D eigenvalue weighted by molar-refractivity contribution is 0.609. The molecular formula is C9H16ClN3. The molecule has 1 aromatic heterocycles. The van der Waals surface area contributed by atoms with Gasteiger partial charge in [0.1, 0.15) is 5.82 Å². The van der Waals surface area contributed by atoms with Crippen LogP contribution in [0.2, 0.25) is 5.15 Å². The molecule has 0 fully saturated rings. The van der Waals surface area contributed by atoms with Crippen molar-refractivity contribution in [2.24, 2.45) is 18.7 Å². The predicted molar refractivity (Wildman–Crippen MR) is 54.7 cm³/mol. The third-order valence-electron chi connectivity index (χ3n) is 2.04. The Morgan fingerprint density at radius 1 is 1.54 bits per heavy atom. The lowest BCUT2D eigenvalue weighted by Crippen LogP contribution is -2.08. The quantitative estimate of drug-likeness (QED) is 0.810. The first-order valence-electron chi connectivity index (χ1n) is 4.46. The number of imidazole rings is 1. The number of nitrogens with two attached hydrogens (primary N) is 1. The van der Waals surface area contributed by atoms with Crippen molar-refractivity contribution in [2.75, 3.05) is 0 Å². The van der Waals surface area contributed by atoms with Gasteiger partial charge in [0.05, 0.1) is 12.2 Å². The fourth-order valence-electron chi connectivity index (χ4n) is 1.34. The van der Waals surface area contributed by atoms with E-state index in [9.17, 15) is 0 Å². The Morgan fingerprint density at radius 3 is 2.54 bits per heavy atom. The van der Waals surface area contributed by atoms with Crippen LogP contribution in [-0.2, 0) is 20.0 Å². The molecule has 3 nitrogen and oxygen atoms in total. The van der Waals surface area contributed by atoms with Crippen LogP contribution in [0.1, 0.15) is 25.4 Å². The van der Waals surface area contributed by atoms with Crippen LogP contribution in [0.5, 0.6) is 0 Å². The Balaban J connectivity index is 2.98. The van der Waals surface area contributed by atoms with E-state index in [-0.39, 0.29) is 0 Å². The van der Waals surface area contributed by atoms with Crippen LogP contribution in [0.3, 0.4) is 0 Å². The van der Waals surface area contributed by atoms with E-state index < -0.39 is 0 Å². The van der Waals surface area contributed by atoms with Crippen LogP contribution in [0.4, 0.5) is 0 Å². The second kappa shape index (κ2) is 4.11. The average Bonchev–Trinajstić information content (AvgIpc) is 2.31. The fourth-order valence-corrected chi connectivity index (χ4v) is 1.64. The number of halogens is 1. The molecule has 74 valence electrons. The molecule has 0 amide bonds. The van der Waals surface area contributed by atoms with E-state index in [0.29, 0.717) is 17.6 Å². The highest BCUT2D eigenvalue weighted by molar-refractivity contribution is 6.30. The van der Waals surface area contributed by atoms with Gasteiger partial charge in [0, 0.05) is 7.05 Å². The monoisotopic (exact) mass is 201 g/mol. The molecule has 0 radical (unpaired) electrons. The first-order valence-corrected chi connectivity index (χ1v) is 4.84. The summed E-state index contributed by atoms with van der Waals surface area (Å²) in [6.07, 6.45) is 0.947. The Labute approximate surface area is 83.9 Å². The Hall–Kier alpha value is -0.540. The topological polar surface area (TPSA) is 43.8 Å². The minimum atomic E-state index is 0.439. The molecule has 0 bridgehead atoms. The van der Waals surface area contributed by atoms with Crippen LogP contribution in [0.25, 0.3) is 0 Å². The van der Waals surface area contributed by atoms with E-state index in [4.69, 9.17) is 17.3 Å². The number of hydrogen-bond donors (Lipinski definition) is 1. The Bertz CT molecular complexity index is 291. The maximum absolute atomic E-state index is 5.99. The summed E-state index contributed by atoms with van der Waals surface area (Å²) < 4.78 is 1.99. The maximum atomic E-state index is 5.99. The van der Waals surface area contributed by atoms with Gasteiger partial charge in [0.15, 0.2) is 5.15 Å². The van der Waals surface area contributed by atoms with Gasteiger partial charge in [-0.2, -0.15) is 0 Å². The molecule has 13 heavy (non-hydrogen) atoms. The van der Waals surface area contributed by atoms with E-state index in [1.54, 1.807) is 0 Å². The molecule has 0 spiro atoms. The predicted octanol–water partition coefficient (Wildman–Crippen LogP) is 1.73. The van der Waals surface area contributed by atoms with Crippen LogP contribution in [0, 0.1) is 5.92 Å². The molecule has 0 aliphatic heterocycles. The van der Waals surface area contributed by atoms with Gasteiger partial charge in [0.2, 0.25) is 0 Å². The summed E-state index contributed by atoms with van der Waals surface area (Å²) in [7, 11) is 1.96. The van der Waals surface area contributed by atoms with Crippen molar-refractivity contribution in [3.8, 4) is 0 Å². The normalized spacial score (nSPS) is 11.2. The van der Waals surface area contributed by atoms with Crippen molar-refractivity contribution in [2.45, 2.75) is 26.8 Å². The number of hydrogen-bond acceptors (Lipinski definition) is 2. The molecule has 0 aliphatic rings. The lowest BCUT2D eigenvalue weighted by atomic mass is 10.1. The zero-order chi connectivity index (χ0) is 10.0. The lowest BCUT2D eigenvalue weighted by Gasteiger charge is -2.07. The molecule has 2 N–H and O–H groups in total. The van der Waals surface area contributed by atoms with E-state index >= 15 is 0 Å². The van der Waals surface area contributed by atoms with Gasteiger partial charge in [-0.15, -0.1) is 0 Å². The highest BCUT2D eigenvalue weighted by Gasteiger charge is 2.12. The number of nitrogens with zero attached hydrogens (tertiary/aromatic N) is 2.